The van der Waals surface area contributed by atoms with Gasteiger partial charge in [0.2, 0.25) is 0 Å². The van der Waals surface area contributed by atoms with E-state index in [2.05, 4.69) is 52.1 Å². The number of para-hydroxylation sites is 1. The number of ether oxygens (including phenoxy) is 2. The lowest BCUT2D eigenvalue weighted by molar-refractivity contribution is -0.151. The summed E-state index contributed by atoms with van der Waals surface area (Å²) >= 11 is 4.30. The molecule has 0 N–H and O–H groups in total. The number of esters is 1. The molecule has 1 unspecified atom stereocenters. The number of unbranched alkanes of at least 4 members (excludes halogenated alkanes) is 1. The van der Waals surface area contributed by atoms with Crippen molar-refractivity contribution in [1.29, 1.82) is 0 Å². The number of carbonyl (C=O) groups is 2. The van der Waals surface area contributed by atoms with Gasteiger partial charge in [0.05, 0.1) is 19.3 Å². The van der Waals surface area contributed by atoms with E-state index in [0.29, 0.717) is 29.9 Å². The summed E-state index contributed by atoms with van der Waals surface area (Å²) < 4.78 is 18.7. The molecule has 0 spiro atoms. The van der Waals surface area contributed by atoms with Crippen molar-refractivity contribution in [2.75, 3.05) is 6.61 Å². The molecule has 1 heterocycles. The predicted octanol–water partition coefficient (Wildman–Crippen LogP) is 6.94. The monoisotopic (exact) mass is 660 g/mol. The average Bonchev–Trinajstić information content (AvgIpc) is 3.15. The van der Waals surface area contributed by atoms with Crippen LogP contribution in [-0.2, 0) is 16.0 Å². The van der Waals surface area contributed by atoms with Crippen molar-refractivity contribution in [2.45, 2.75) is 52.6 Å². The van der Waals surface area contributed by atoms with Gasteiger partial charge < -0.3 is 13.9 Å². The Hall–Kier alpha value is -1.62. The van der Waals surface area contributed by atoms with E-state index in [4.69, 9.17) is 13.9 Å². The molecule has 2 aromatic carbocycles. The predicted molar refractivity (Wildman–Crippen MR) is 141 cm³/mol. The third-order valence-corrected chi connectivity index (χ3v) is 6.70. The second-order valence-corrected chi connectivity index (χ2v) is 9.69. The van der Waals surface area contributed by atoms with Gasteiger partial charge in [-0.3, -0.25) is 4.79 Å². The number of halogens is 2. The molecule has 0 bridgehead atoms. The first kappa shape index (κ1) is 25.0. The van der Waals surface area contributed by atoms with Crippen LogP contribution in [0, 0.1) is 7.14 Å². The maximum Gasteiger partial charge on any atom is 0.347 e. The van der Waals surface area contributed by atoms with E-state index >= 15 is 0 Å². The molecule has 0 amide bonds. The average molecular weight is 660 g/mol. The smallest absolute Gasteiger partial charge is 0.347 e. The number of carbonyl (C=O) groups excluding carboxylic acids is 2. The number of benzene rings is 2. The molecular weight excluding hydrogens is 634 g/mol. The van der Waals surface area contributed by atoms with Gasteiger partial charge in [0, 0.05) is 17.4 Å². The van der Waals surface area contributed by atoms with E-state index < -0.39 is 6.10 Å². The summed E-state index contributed by atoms with van der Waals surface area (Å²) in [6, 6.07) is 11.3. The Morgan fingerprint density at radius 3 is 2.38 bits per heavy atom. The number of aryl methyl sites for hydroxylation is 1. The minimum Gasteiger partial charge on any atom is -0.477 e. The highest BCUT2D eigenvalue weighted by Gasteiger charge is 2.25. The number of furan rings is 1. The van der Waals surface area contributed by atoms with E-state index in [1.165, 1.54) is 0 Å². The SMILES string of the molecule is CCCCc1oc2ccccc2c1C(=O)c1cc(I)c(OC(CC)C(=O)OCC)c(I)c1. The summed E-state index contributed by atoms with van der Waals surface area (Å²) in [5.74, 6) is 0.871. The van der Waals surface area contributed by atoms with E-state index in [1.54, 1.807) is 6.92 Å². The zero-order chi connectivity index (χ0) is 23.3. The van der Waals surface area contributed by atoms with Gasteiger partial charge in [-0.1, -0.05) is 38.5 Å². The summed E-state index contributed by atoms with van der Waals surface area (Å²) in [6.45, 7) is 6.07. The molecule has 0 aliphatic heterocycles. The van der Waals surface area contributed by atoms with Crippen LogP contribution in [0.25, 0.3) is 11.0 Å². The topological polar surface area (TPSA) is 65.7 Å². The van der Waals surface area contributed by atoms with Crippen molar-refractivity contribution in [3.63, 3.8) is 0 Å². The lowest BCUT2D eigenvalue weighted by atomic mass is 9.98. The summed E-state index contributed by atoms with van der Waals surface area (Å²) in [7, 11) is 0. The van der Waals surface area contributed by atoms with Crippen molar-refractivity contribution < 1.29 is 23.5 Å². The Kier molecular flexibility index (Phi) is 8.98. The normalized spacial score (nSPS) is 12.0. The molecule has 0 saturated carbocycles. The minimum absolute atomic E-state index is 0.0686. The third kappa shape index (κ3) is 5.47. The molecule has 0 aliphatic rings. The Bertz CT molecular complexity index is 1100. The van der Waals surface area contributed by atoms with Crippen LogP contribution in [0.3, 0.4) is 0 Å². The van der Waals surface area contributed by atoms with Crippen molar-refractivity contribution in [1.82, 2.24) is 0 Å². The highest BCUT2D eigenvalue weighted by Crippen LogP contribution is 2.34. The molecule has 3 aromatic rings. The fourth-order valence-corrected chi connectivity index (χ4v) is 5.50. The summed E-state index contributed by atoms with van der Waals surface area (Å²) in [6.07, 6.45) is 2.50. The molecule has 170 valence electrons. The maximum absolute atomic E-state index is 13.6. The van der Waals surface area contributed by atoms with Crippen LogP contribution in [0.4, 0.5) is 0 Å². The first-order chi connectivity index (χ1) is 15.4. The summed E-state index contributed by atoms with van der Waals surface area (Å²) in [5, 5.41) is 0.835. The van der Waals surface area contributed by atoms with Crippen molar-refractivity contribution in [3.05, 3.63) is 60.4 Å². The van der Waals surface area contributed by atoms with Crippen LogP contribution in [0.15, 0.2) is 40.8 Å². The number of hydrogen-bond donors (Lipinski definition) is 0. The molecule has 0 fully saturated rings. The van der Waals surface area contributed by atoms with Crippen molar-refractivity contribution >= 4 is 67.9 Å². The van der Waals surface area contributed by atoms with E-state index in [0.717, 1.165) is 43.1 Å². The minimum atomic E-state index is -0.683. The zero-order valence-corrected chi connectivity index (χ0v) is 22.7. The van der Waals surface area contributed by atoms with Crippen LogP contribution >= 0.6 is 45.2 Å². The van der Waals surface area contributed by atoms with Gasteiger partial charge >= 0.3 is 5.97 Å². The number of hydrogen-bond acceptors (Lipinski definition) is 5. The van der Waals surface area contributed by atoms with Gasteiger partial charge in [0.25, 0.3) is 0 Å². The van der Waals surface area contributed by atoms with Crippen LogP contribution in [0.1, 0.15) is 61.7 Å². The number of fused-ring (bicyclic) bond motifs is 1. The quantitative estimate of drug-likeness (QED) is 0.134. The van der Waals surface area contributed by atoms with E-state index in [1.807, 2.05) is 43.3 Å². The van der Waals surface area contributed by atoms with Crippen molar-refractivity contribution in [3.8, 4) is 5.75 Å². The van der Waals surface area contributed by atoms with Crippen LogP contribution in [0.5, 0.6) is 5.75 Å². The molecule has 5 nitrogen and oxygen atoms in total. The molecule has 0 radical (unpaired) electrons. The highest BCUT2D eigenvalue weighted by atomic mass is 127. The Morgan fingerprint density at radius 2 is 1.75 bits per heavy atom. The molecule has 0 aliphatic carbocycles. The fourth-order valence-electron chi connectivity index (χ4n) is 3.48. The molecular formula is C25H26I2O5. The van der Waals surface area contributed by atoms with E-state index in [9.17, 15) is 9.59 Å². The van der Waals surface area contributed by atoms with Gasteiger partial charge in [-0.25, -0.2) is 4.79 Å². The Balaban J connectivity index is 1.98. The second kappa shape index (κ2) is 11.5. The number of ketones is 1. The fraction of sp³-hybridized carbons (Fsp3) is 0.360. The maximum atomic E-state index is 13.6. The summed E-state index contributed by atoms with van der Waals surface area (Å²) in [4.78, 5) is 25.8. The first-order valence-electron chi connectivity index (χ1n) is 10.8. The van der Waals surface area contributed by atoms with E-state index in [-0.39, 0.29) is 11.8 Å². The van der Waals surface area contributed by atoms with Crippen LogP contribution in [-0.4, -0.2) is 24.5 Å². The van der Waals surface area contributed by atoms with Crippen LogP contribution < -0.4 is 4.74 Å². The van der Waals surface area contributed by atoms with Gasteiger partial charge in [-0.2, -0.15) is 0 Å². The van der Waals surface area contributed by atoms with Gasteiger partial charge in [0.1, 0.15) is 17.1 Å². The van der Waals surface area contributed by atoms with Gasteiger partial charge in [-0.15, -0.1) is 0 Å². The third-order valence-electron chi connectivity index (χ3n) is 5.09. The largest absolute Gasteiger partial charge is 0.477 e. The zero-order valence-electron chi connectivity index (χ0n) is 18.4. The molecule has 1 atom stereocenters. The highest BCUT2D eigenvalue weighted by molar-refractivity contribution is 14.1. The van der Waals surface area contributed by atoms with Crippen molar-refractivity contribution in [2.24, 2.45) is 0 Å². The summed E-state index contributed by atoms with van der Waals surface area (Å²) in [5.41, 5.74) is 1.93. The lowest BCUT2D eigenvalue weighted by Crippen LogP contribution is -2.29. The van der Waals surface area contributed by atoms with Gasteiger partial charge in [-0.05, 0) is 83.1 Å². The second-order valence-electron chi connectivity index (χ2n) is 7.36. The molecule has 1 aromatic heterocycles. The van der Waals surface area contributed by atoms with Crippen LogP contribution in [0.2, 0.25) is 0 Å². The molecule has 0 saturated heterocycles. The first-order valence-corrected chi connectivity index (χ1v) is 12.9. The Morgan fingerprint density at radius 1 is 1.06 bits per heavy atom. The molecule has 3 rings (SSSR count). The number of rotatable bonds is 10. The lowest BCUT2D eigenvalue weighted by Gasteiger charge is -2.18. The van der Waals surface area contributed by atoms with Gasteiger partial charge in [0.15, 0.2) is 11.9 Å². The Labute approximate surface area is 215 Å². The standard InChI is InChI=1S/C25H26I2O5/c1-4-7-11-21-22(16-10-8-9-12-20(16)31-21)23(28)15-13-17(26)24(18(27)14-15)32-19(5-2)25(29)30-6-3/h8-10,12-14,19H,4-7,11H2,1-3H3. The molecule has 32 heavy (non-hydrogen) atoms. The molecule has 7 heteroatoms.